The van der Waals surface area contributed by atoms with Crippen molar-refractivity contribution >= 4 is 11.6 Å². The van der Waals surface area contributed by atoms with Crippen LogP contribution in [0, 0.1) is 5.92 Å². The molecule has 96 valence electrons. The maximum atomic E-state index is 6.25. The van der Waals surface area contributed by atoms with Gasteiger partial charge in [0, 0.05) is 18.2 Å². The molecule has 1 rings (SSSR count). The molecule has 3 heteroatoms. The molecular weight excluding hydrogens is 232 g/mol. The summed E-state index contributed by atoms with van der Waals surface area (Å²) in [5.74, 6) is 0.872. The summed E-state index contributed by atoms with van der Waals surface area (Å²) in [4.78, 5) is 4.46. The van der Waals surface area contributed by atoms with E-state index in [4.69, 9.17) is 11.6 Å². The van der Waals surface area contributed by atoms with Crippen molar-refractivity contribution in [2.75, 3.05) is 6.54 Å². The van der Waals surface area contributed by atoms with E-state index in [9.17, 15) is 0 Å². The molecule has 0 fully saturated rings. The van der Waals surface area contributed by atoms with Gasteiger partial charge in [0.15, 0.2) is 0 Å². The van der Waals surface area contributed by atoms with Gasteiger partial charge in [-0.2, -0.15) is 0 Å². The van der Waals surface area contributed by atoms with E-state index in [1.165, 1.54) is 0 Å². The van der Waals surface area contributed by atoms with E-state index in [-0.39, 0.29) is 0 Å². The van der Waals surface area contributed by atoms with Gasteiger partial charge in [0.1, 0.15) is 0 Å². The summed E-state index contributed by atoms with van der Waals surface area (Å²) in [7, 11) is 0. The fourth-order valence-corrected chi connectivity index (χ4v) is 2.52. The van der Waals surface area contributed by atoms with Crippen molar-refractivity contribution in [3.63, 3.8) is 0 Å². The lowest BCUT2D eigenvalue weighted by molar-refractivity contribution is 0.371. The van der Waals surface area contributed by atoms with E-state index >= 15 is 0 Å². The second-order valence-electron chi connectivity index (χ2n) is 4.88. The zero-order valence-corrected chi connectivity index (χ0v) is 12.0. The summed E-state index contributed by atoms with van der Waals surface area (Å²) >= 11 is 6.25. The van der Waals surface area contributed by atoms with Gasteiger partial charge in [-0.25, -0.2) is 0 Å². The van der Waals surface area contributed by atoms with E-state index in [0.29, 0.717) is 17.9 Å². The van der Waals surface area contributed by atoms with Gasteiger partial charge in [0.05, 0.1) is 10.7 Å². The van der Waals surface area contributed by atoms with Gasteiger partial charge in [-0.15, -0.1) is 0 Å². The second kappa shape index (κ2) is 6.97. The first kappa shape index (κ1) is 14.5. The number of hydrogen-bond donors (Lipinski definition) is 1. The highest BCUT2D eigenvalue weighted by Gasteiger charge is 2.25. The highest BCUT2D eigenvalue weighted by molar-refractivity contribution is 6.31. The monoisotopic (exact) mass is 254 g/mol. The molecule has 2 nitrogen and oxygen atoms in total. The maximum Gasteiger partial charge on any atom is 0.0638 e. The average Bonchev–Trinajstić information content (AvgIpc) is 2.29. The highest BCUT2D eigenvalue weighted by Crippen LogP contribution is 2.31. The fourth-order valence-electron chi connectivity index (χ4n) is 2.27. The molecule has 0 aliphatic carbocycles. The Morgan fingerprint density at radius 2 is 2.06 bits per heavy atom. The van der Waals surface area contributed by atoms with Gasteiger partial charge in [0.25, 0.3) is 0 Å². The van der Waals surface area contributed by atoms with Crippen LogP contribution in [-0.2, 0) is 0 Å². The van der Waals surface area contributed by atoms with Crippen LogP contribution in [-0.4, -0.2) is 17.6 Å². The third kappa shape index (κ3) is 3.97. The highest BCUT2D eigenvalue weighted by atomic mass is 35.5. The van der Waals surface area contributed by atoms with Crippen molar-refractivity contribution in [1.29, 1.82) is 0 Å². The summed E-state index contributed by atoms with van der Waals surface area (Å²) in [6, 6.07) is 4.20. The number of nitrogens with zero attached hydrogens (tertiary/aromatic N) is 1. The van der Waals surface area contributed by atoms with Gasteiger partial charge in [-0.1, -0.05) is 32.4 Å². The van der Waals surface area contributed by atoms with Gasteiger partial charge >= 0.3 is 0 Å². The van der Waals surface area contributed by atoms with Crippen molar-refractivity contribution in [1.82, 2.24) is 10.3 Å². The normalized spacial score (nSPS) is 14.9. The predicted octanol–water partition coefficient (Wildman–Crippen LogP) is 3.86. The van der Waals surface area contributed by atoms with Crippen LogP contribution in [0.2, 0.25) is 5.02 Å². The molecule has 1 N–H and O–H groups in total. The fraction of sp³-hybridized carbons (Fsp3) is 0.643. The van der Waals surface area contributed by atoms with E-state index in [1.54, 1.807) is 0 Å². The van der Waals surface area contributed by atoms with Crippen LogP contribution in [0.4, 0.5) is 0 Å². The molecule has 0 saturated carbocycles. The minimum Gasteiger partial charge on any atom is -0.314 e. The van der Waals surface area contributed by atoms with Crippen molar-refractivity contribution < 1.29 is 0 Å². The number of pyridine rings is 1. The summed E-state index contributed by atoms with van der Waals surface area (Å²) < 4.78 is 0. The molecule has 0 bridgehead atoms. The zero-order valence-electron chi connectivity index (χ0n) is 11.2. The van der Waals surface area contributed by atoms with E-state index < -0.39 is 0 Å². The molecule has 0 aliphatic rings. The summed E-state index contributed by atoms with van der Waals surface area (Å²) in [5.41, 5.74) is 1.01. The molecule has 0 spiro atoms. The van der Waals surface area contributed by atoms with Crippen LogP contribution in [0.15, 0.2) is 18.3 Å². The first-order valence-electron chi connectivity index (χ1n) is 6.41. The van der Waals surface area contributed by atoms with Crippen LogP contribution < -0.4 is 5.32 Å². The van der Waals surface area contributed by atoms with Crippen LogP contribution in [0.1, 0.15) is 45.7 Å². The largest absolute Gasteiger partial charge is 0.314 e. The Labute approximate surface area is 110 Å². The van der Waals surface area contributed by atoms with Gasteiger partial charge in [-0.05, 0) is 37.9 Å². The number of nitrogens with one attached hydrogen (secondary N) is 1. The van der Waals surface area contributed by atoms with Crippen LogP contribution in [0.25, 0.3) is 0 Å². The smallest absolute Gasteiger partial charge is 0.0638 e. The molecule has 0 saturated heterocycles. The quantitative estimate of drug-likeness (QED) is 0.834. The molecule has 1 aromatic rings. The Bertz CT molecular complexity index is 339. The predicted molar refractivity (Wildman–Crippen MR) is 74.6 cm³/mol. The number of aromatic nitrogens is 1. The molecule has 0 aromatic carbocycles. The van der Waals surface area contributed by atoms with Crippen molar-refractivity contribution in [3.8, 4) is 0 Å². The number of halogens is 1. The lowest BCUT2D eigenvalue weighted by Crippen LogP contribution is -2.35. The first-order chi connectivity index (χ1) is 8.07. The molecule has 1 heterocycles. The third-order valence-electron chi connectivity index (χ3n) is 3.08. The van der Waals surface area contributed by atoms with Crippen molar-refractivity contribution in [2.45, 2.75) is 46.1 Å². The summed E-state index contributed by atoms with van der Waals surface area (Å²) in [6.45, 7) is 9.87. The number of hydrogen-bond acceptors (Lipinski definition) is 2. The Balaban J connectivity index is 2.89. The third-order valence-corrected chi connectivity index (χ3v) is 3.40. The Morgan fingerprint density at radius 1 is 1.35 bits per heavy atom. The van der Waals surface area contributed by atoms with E-state index in [1.807, 2.05) is 18.3 Å². The van der Waals surface area contributed by atoms with Gasteiger partial charge in [-0.3, -0.25) is 4.98 Å². The zero-order chi connectivity index (χ0) is 12.8. The summed E-state index contributed by atoms with van der Waals surface area (Å²) in [6.07, 6.45) is 2.97. The van der Waals surface area contributed by atoms with Crippen molar-refractivity contribution in [3.05, 3.63) is 29.0 Å². The minimum absolute atomic E-state index is 0.357. The Hall–Kier alpha value is -0.600. The molecule has 17 heavy (non-hydrogen) atoms. The van der Waals surface area contributed by atoms with Gasteiger partial charge in [0.2, 0.25) is 0 Å². The number of rotatable bonds is 6. The average molecular weight is 255 g/mol. The first-order valence-corrected chi connectivity index (χ1v) is 6.79. The molecule has 0 radical (unpaired) electrons. The van der Waals surface area contributed by atoms with Gasteiger partial charge < -0.3 is 5.32 Å². The Kier molecular flexibility index (Phi) is 5.93. The topological polar surface area (TPSA) is 24.9 Å². The molecular formula is C14H23ClN2. The van der Waals surface area contributed by atoms with Crippen molar-refractivity contribution in [2.24, 2.45) is 5.92 Å². The summed E-state index contributed by atoms with van der Waals surface area (Å²) in [5, 5.41) is 4.32. The lowest BCUT2D eigenvalue weighted by Gasteiger charge is -2.28. The van der Waals surface area contributed by atoms with Crippen LogP contribution in [0.5, 0.6) is 0 Å². The van der Waals surface area contributed by atoms with E-state index in [0.717, 1.165) is 23.7 Å². The molecule has 0 amide bonds. The SMILES string of the molecule is CCCNC(C)C(c1ncccc1Cl)C(C)C. The van der Waals surface area contributed by atoms with E-state index in [2.05, 4.69) is 38.0 Å². The molecule has 0 aliphatic heterocycles. The maximum absolute atomic E-state index is 6.25. The van der Waals surface area contributed by atoms with Crippen LogP contribution in [0.3, 0.4) is 0 Å². The molecule has 2 atom stereocenters. The molecule has 1 aromatic heterocycles. The lowest BCUT2D eigenvalue weighted by atomic mass is 9.86. The Morgan fingerprint density at radius 3 is 2.59 bits per heavy atom. The van der Waals surface area contributed by atoms with Crippen LogP contribution >= 0.6 is 11.6 Å². The molecule has 2 unspecified atom stereocenters. The standard InChI is InChI=1S/C14H23ClN2/c1-5-8-16-11(4)13(10(2)3)14-12(15)7-6-9-17-14/h6-7,9-11,13,16H,5,8H2,1-4H3. The second-order valence-corrected chi connectivity index (χ2v) is 5.29. The minimum atomic E-state index is 0.357.